The van der Waals surface area contributed by atoms with Gasteiger partial charge in [0.1, 0.15) is 0 Å². The van der Waals surface area contributed by atoms with E-state index in [9.17, 15) is 5.11 Å². The molecule has 1 aliphatic rings. The maximum Gasteiger partial charge on any atom is 0.0985 e. The summed E-state index contributed by atoms with van der Waals surface area (Å²) in [5.74, 6) is 0. The van der Waals surface area contributed by atoms with Gasteiger partial charge in [0.05, 0.1) is 24.9 Å². The maximum absolute atomic E-state index is 9.80. The monoisotopic (exact) mass is 243 g/mol. The molecule has 17 heavy (non-hydrogen) atoms. The molecule has 0 aromatic carbocycles. The molecular weight excluding hydrogens is 214 g/mol. The number of epoxide rings is 1. The molecular formula is C14H29NO2. The van der Waals surface area contributed by atoms with Gasteiger partial charge in [-0.3, -0.25) is 0 Å². The first-order valence-corrected chi connectivity index (χ1v) is 7.31. The number of aliphatic hydroxyl groups excluding tert-OH is 1. The fraction of sp³-hybridized carbons (Fsp3) is 1.00. The third-order valence-electron chi connectivity index (χ3n) is 3.59. The van der Waals surface area contributed by atoms with Crippen LogP contribution in [0.5, 0.6) is 0 Å². The standard InChI is InChI=1S/C14H29NO2/c1-2-3-4-5-6-7-8-9-10-12(16)14(15)13-11-17-13/h12-14,16H,2-11,15H2,1H3. The number of hydrogen-bond acceptors (Lipinski definition) is 3. The lowest BCUT2D eigenvalue weighted by Gasteiger charge is -2.16. The van der Waals surface area contributed by atoms with Crippen LogP contribution in [0.4, 0.5) is 0 Å². The van der Waals surface area contributed by atoms with Crippen LogP contribution >= 0.6 is 0 Å². The van der Waals surface area contributed by atoms with Gasteiger partial charge in [-0.25, -0.2) is 0 Å². The Labute approximate surface area is 106 Å². The van der Waals surface area contributed by atoms with E-state index in [1.54, 1.807) is 0 Å². The number of aliphatic hydroxyl groups is 1. The molecule has 3 nitrogen and oxygen atoms in total. The summed E-state index contributed by atoms with van der Waals surface area (Å²) in [6.45, 7) is 2.98. The van der Waals surface area contributed by atoms with Crippen LogP contribution in [0.1, 0.15) is 64.7 Å². The quantitative estimate of drug-likeness (QED) is 0.433. The highest BCUT2D eigenvalue weighted by atomic mass is 16.6. The molecule has 102 valence electrons. The first kappa shape index (κ1) is 14.9. The van der Waals surface area contributed by atoms with Gasteiger partial charge in [0, 0.05) is 0 Å². The van der Waals surface area contributed by atoms with E-state index < -0.39 is 0 Å². The van der Waals surface area contributed by atoms with Crippen molar-refractivity contribution in [3.63, 3.8) is 0 Å². The van der Waals surface area contributed by atoms with Crippen LogP contribution in [0.2, 0.25) is 0 Å². The molecule has 0 spiro atoms. The average molecular weight is 243 g/mol. The largest absolute Gasteiger partial charge is 0.391 e. The fourth-order valence-electron chi connectivity index (χ4n) is 2.21. The zero-order valence-corrected chi connectivity index (χ0v) is 11.2. The maximum atomic E-state index is 9.80. The third-order valence-corrected chi connectivity index (χ3v) is 3.59. The highest BCUT2D eigenvalue weighted by Crippen LogP contribution is 2.18. The molecule has 3 unspecified atom stereocenters. The molecule has 3 atom stereocenters. The first-order valence-electron chi connectivity index (χ1n) is 7.31. The van der Waals surface area contributed by atoms with Crippen LogP contribution in [0, 0.1) is 0 Å². The lowest BCUT2D eigenvalue weighted by molar-refractivity contribution is 0.117. The molecule has 1 heterocycles. The summed E-state index contributed by atoms with van der Waals surface area (Å²) in [6, 6.07) is -0.167. The molecule has 0 bridgehead atoms. The second-order valence-electron chi connectivity index (χ2n) is 5.28. The Morgan fingerprint density at radius 2 is 1.65 bits per heavy atom. The van der Waals surface area contributed by atoms with E-state index in [0.717, 1.165) is 19.4 Å². The Bertz CT molecular complexity index is 183. The van der Waals surface area contributed by atoms with Crippen molar-refractivity contribution >= 4 is 0 Å². The van der Waals surface area contributed by atoms with Gasteiger partial charge in [0.25, 0.3) is 0 Å². The van der Waals surface area contributed by atoms with Crippen molar-refractivity contribution in [2.75, 3.05) is 6.61 Å². The fourth-order valence-corrected chi connectivity index (χ4v) is 2.21. The van der Waals surface area contributed by atoms with Crippen molar-refractivity contribution < 1.29 is 9.84 Å². The molecule has 3 N–H and O–H groups in total. The number of ether oxygens (including phenoxy) is 1. The molecule has 0 amide bonds. The predicted molar refractivity (Wildman–Crippen MR) is 70.9 cm³/mol. The van der Waals surface area contributed by atoms with Gasteiger partial charge in [-0.2, -0.15) is 0 Å². The summed E-state index contributed by atoms with van der Waals surface area (Å²) in [7, 11) is 0. The molecule has 0 aromatic heterocycles. The van der Waals surface area contributed by atoms with Crippen LogP contribution in [0.3, 0.4) is 0 Å². The molecule has 1 aliphatic heterocycles. The van der Waals surface area contributed by atoms with Gasteiger partial charge in [-0.05, 0) is 6.42 Å². The second-order valence-corrected chi connectivity index (χ2v) is 5.28. The lowest BCUT2D eigenvalue weighted by atomic mass is 10.0. The van der Waals surface area contributed by atoms with Crippen LogP contribution in [-0.2, 0) is 4.74 Å². The van der Waals surface area contributed by atoms with Crippen molar-refractivity contribution in [2.24, 2.45) is 5.73 Å². The van der Waals surface area contributed by atoms with Crippen LogP contribution in [0.25, 0.3) is 0 Å². The molecule has 0 aromatic rings. The minimum Gasteiger partial charge on any atom is -0.391 e. The number of nitrogens with two attached hydrogens (primary N) is 1. The molecule has 0 aliphatic carbocycles. The highest BCUT2D eigenvalue weighted by molar-refractivity contribution is 4.87. The van der Waals surface area contributed by atoms with E-state index in [0.29, 0.717) is 0 Å². The zero-order chi connectivity index (χ0) is 12.5. The Morgan fingerprint density at radius 3 is 2.18 bits per heavy atom. The van der Waals surface area contributed by atoms with Gasteiger partial charge in [-0.15, -0.1) is 0 Å². The average Bonchev–Trinajstić information content (AvgIpc) is 3.15. The Morgan fingerprint density at radius 1 is 1.12 bits per heavy atom. The van der Waals surface area contributed by atoms with E-state index in [1.165, 1.54) is 44.9 Å². The normalized spacial score (nSPS) is 22.4. The molecule has 0 saturated carbocycles. The topological polar surface area (TPSA) is 58.8 Å². The van der Waals surface area contributed by atoms with Crippen molar-refractivity contribution in [1.29, 1.82) is 0 Å². The van der Waals surface area contributed by atoms with E-state index in [-0.39, 0.29) is 18.2 Å². The van der Waals surface area contributed by atoms with Crippen molar-refractivity contribution in [2.45, 2.75) is 83.0 Å². The minimum absolute atomic E-state index is 0.124. The summed E-state index contributed by atoms with van der Waals surface area (Å²) >= 11 is 0. The summed E-state index contributed by atoms with van der Waals surface area (Å²) in [5, 5.41) is 9.80. The molecule has 1 fully saturated rings. The van der Waals surface area contributed by atoms with E-state index >= 15 is 0 Å². The smallest absolute Gasteiger partial charge is 0.0985 e. The number of hydrogen-bond donors (Lipinski definition) is 2. The Balaban J connectivity index is 1.83. The first-order chi connectivity index (χ1) is 8.25. The van der Waals surface area contributed by atoms with E-state index in [1.807, 2.05) is 0 Å². The Kier molecular flexibility index (Phi) is 7.82. The predicted octanol–water partition coefficient (Wildman–Crippen LogP) is 2.60. The molecule has 1 rings (SSSR count). The SMILES string of the molecule is CCCCCCCCCCC(O)C(N)C1CO1. The summed E-state index contributed by atoms with van der Waals surface area (Å²) < 4.78 is 5.09. The van der Waals surface area contributed by atoms with Gasteiger partial charge in [0.15, 0.2) is 0 Å². The lowest BCUT2D eigenvalue weighted by Crippen LogP contribution is -2.39. The third kappa shape index (κ3) is 7.02. The highest BCUT2D eigenvalue weighted by Gasteiger charge is 2.34. The molecule has 0 radical (unpaired) electrons. The Hall–Kier alpha value is -0.120. The summed E-state index contributed by atoms with van der Waals surface area (Å²) in [6.07, 6.45) is 11.0. The summed E-state index contributed by atoms with van der Waals surface area (Å²) in [4.78, 5) is 0. The summed E-state index contributed by atoms with van der Waals surface area (Å²) in [5.41, 5.74) is 5.84. The van der Waals surface area contributed by atoms with Crippen molar-refractivity contribution in [3.05, 3.63) is 0 Å². The van der Waals surface area contributed by atoms with Crippen LogP contribution in [0.15, 0.2) is 0 Å². The zero-order valence-electron chi connectivity index (χ0n) is 11.2. The van der Waals surface area contributed by atoms with Crippen molar-refractivity contribution in [3.8, 4) is 0 Å². The van der Waals surface area contributed by atoms with Gasteiger partial charge < -0.3 is 15.6 Å². The van der Waals surface area contributed by atoms with Gasteiger partial charge >= 0.3 is 0 Å². The van der Waals surface area contributed by atoms with Gasteiger partial charge in [0.2, 0.25) is 0 Å². The number of rotatable bonds is 11. The molecule has 1 saturated heterocycles. The van der Waals surface area contributed by atoms with Crippen LogP contribution in [-0.4, -0.2) is 30.0 Å². The minimum atomic E-state index is -0.373. The van der Waals surface area contributed by atoms with Gasteiger partial charge in [-0.1, -0.05) is 58.3 Å². The number of unbranched alkanes of at least 4 members (excludes halogenated alkanes) is 7. The van der Waals surface area contributed by atoms with Crippen molar-refractivity contribution in [1.82, 2.24) is 0 Å². The van der Waals surface area contributed by atoms with Crippen LogP contribution < -0.4 is 5.73 Å². The second kappa shape index (κ2) is 8.90. The molecule has 3 heteroatoms. The van der Waals surface area contributed by atoms with E-state index in [4.69, 9.17) is 10.5 Å². The van der Waals surface area contributed by atoms with E-state index in [2.05, 4.69) is 6.92 Å².